The number of nitrogens with zero attached hydrogens (tertiary/aromatic N) is 2. The molecule has 7 nitrogen and oxygen atoms in total. The molecule has 0 radical (unpaired) electrons. The second kappa shape index (κ2) is 7.13. The second-order valence-corrected chi connectivity index (χ2v) is 7.25. The molecule has 25 heavy (non-hydrogen) atoms. The van der Waals surface area contributed by atoms with Gasteiger partial charge in [-0.15, -0.1) is 0 Å². The maximum absolute atomic E-state index is 12.2. The third-order valence-corrected chi connectivity index (χ3v) is 4.32. The summed E-state index contributed by atoms with van der Waals surface area (Å²) in [6, 6.07) is 1.84. The second-order valence-electron chi connectivity index (χ2n) is 7.25. The van der Waals surface area contributed by atoms with Gasteiger partial charge in [0, 0.05) is 37.5 Å². The highest BCUT2D eigenvalue weighted by molar-refractivity contribution is 5.74. The van der Waals surface area contributed by atoms with Crippen LogP contribution in [-0.4, -0.2) is 29.1 Å². The van der Waals surface area contributed by atoms with Gasteiger partial charge in [-0.25, -0.2) is 9.78 Å². The van der Waals surface area contributed by atoms with E-state index in [9.17, 15) is 4.79 Å². The maximum Gasteiger partial charge on any atom is 0.315 e. The fourth-order valence-corrected chi connectivity index (χ4v) is 3.28. The number of rotatable bonds is 5. The summed E-state index contributed by atoms with van der Waals surface area (Å²) in [5, 5.41) is 9.06. The number of furan rings is 1. The van der Waals surface area contributed by atoms with Gasteiger partial charge in [0.2, 0.25) is 0 Å². The Morgan fingerprint density at radius 1 is 1.36 bits per heavy atom. The predicted octanol–water partition coefficient (Wildman–Crippen LogP) is 2.80. The molecule has 2 amide bonds. The third-order valence-electron chi connectivity index (χ3n) is 4.32. The minimum atomic E-state index is -0.173. The monoisotopic (exact) mass is 343 g/mol. The van der Waals surface area contributed by atoms with Crippen LogP contribution in [0.25, 0.3) is 0 Å². The zero-order valence-electron chi connectivity index (χ0n) is 14.9. The molecule has 0 saturated carbocycles. The van der Waals surface area contributed by atoms with Crippen LogP contribution in [0.4, 0.5) is 10.6 Å². The zero-order chi connectivity index (χ0) is 17.9. The average Bonchev–Trinajstić information content (AvgIpc) is 2.91. The van der Waals surface area contributed by atoms with E-state index in [2.05, 4.69) is 39.8 Å². The van der Waals surface area contributed by atoms with Crippen LogP contribution >= 0.6 is 0 Å². The molecule has 134 valence electrons. The van der Waals surface area contributed by atoms with Gasteiger partial charge in [0.25, 0.3) is 0 Å². The van der Waals surface area contributed by atoms with E-state index in [1.54, 1.807) is 18.6 Å². The zero-order valence-corrected chi connectivity index (χ0v) is 14.9. The number of aryl methyl sites for hydroxylation is 1. The van der Waals surface area contributed by atoms with E-state index < -0.39 is 0 Å². The first kappa shape index (κ1) is 17.3. The van der Waals surface area contributed by atoms with Gasteiger partial charge in [0.1, 0.15) is 17.3 Å². The Balaban J connectivity index is 1.50. The van der Waals surface area contributed by atoms with Crippen LogP contribution < -0.4 is 16.0 Å². The van der Waals surface area contributed by atoms with E-state index in [0.29, 0.717) is 18.9 Å². The molecule has 2 aromatic rings. The number of urea groups is 1. The summed E-state index contributed by atoms with van der Waals surface area (Å²) in [5.74, 6) is 2.57. The fourth-order valence-electron chi connectivity index (χ4n) is 3.28. The van der Waals surface area contributed by atoms with Crippen molar-refractivity contribution in [2.24, 2.45) is 5.41 Å². The molecule has 0 fully saturated rings. The lowest BCUT2D eigenvalue weighted by Gasteiger charge is -2.34. The van der Waals surface area contributed by atoms with Crippen molar-refractivity contribution in [1.29, 1.82) is 0 Å². The lowest BCUT2D eigenvalue weighted by molar-refractivity contribution is 0.215. The van der Waals surface area contributed by atoms with E-state index >= 15 is 0 Å². The number of aromatic nitrogens is 2. The van der Waals surface area contributed by atoms with Crippen molar-refractivity contribution in [3.63, 3.8) is 0 Å². The first-order chi connectivity index (χ1) is 11.9. The Morgan fingerprint density at radius 2 is 2.20 bits per heavy atom. The van der Waals surface area contributed by atoms with E-state index in [-0.39, 0.29) is 17.5 Å². The van der Waals surface area contributed by atoms with Gasteiger partial charge in [-0.1, -0.05) is 13.8 Å². The van der Waals surface area contributed by atoms with E-state index in [4.69, 9.17) is 4.42 Å². The Hall–Kier alpha value is -2.57. The predicted molar refractivity (Wildman–Crippen MR) is 95.3 cm³/mol. The molecule has 1 atom stereocenters. The highest BCUT2D eigenvalue weighted by Crippen LogP contribution is 2.41. The van der Waals surface area contributed by atoms with Crippen molar-refractivity contribution in [2.75, 3.05) is 18.4 Å². The quantitative estimate of drug-likeness (QED) is 0.726. The van der Waals surface area contributed by atoms with Crippen molar-refractivity contribution in [1.82, 2.24) is 20.6 Å². The molecule has 3 N–H and O–H groups in total. The topological polar surface area (TPSA) is 92.1 Å². The average molecular weight is 343 g/mol. The maximum atomic E-state index is 12.2. The number of amides is 2. The van der Waals surface area contributed by atoms with Crippen molar-refractivity contribution in [3.05, 3.63) is 41.7 Å². The van der Waals surface area contributed by atoms with E-state index in [1.165, 1.54) is 0 Å². The summed E-state index contributed by atoms with van der Waals surface area (Å²) in [6.45, 7) is 7.42. The highest BCUT2D eigenvalue weighted by atomic mass is 16.3. The van der Waals surface area contributed by atoms with Crippen molar-refractivity contribution in [3.8, 4) is 0 Å². The summed E-state index contributed by atoms with van der Waals surface area (Å²) in [5.41, 5.74) is 1.20. The summed E-state index contributed by atoms with van der Waals surface area (Å²) in [6.07, 6.45) is 6.68. The largest absolute Gasteiger partial charge is 0.466 e. The molecule has 3 rings (SSSR count). The lowest BCUT2D eigenvalue weighted by Crippen LogP contribution is -2.42. The molecular weight excluding hydrogens is 318 g/mol. The van der Waals surface area contributed by atoms with Gasteiger partial charge in [-0.3, -0.25) is 4.98 Å². The molecule has 0 spiro atoms. The van der Waals surface area contributed by atoms with Crippen LogP contribution in [0.1, 0.15) is 43.4 Å². The molecule has 0 unspecified atom stereocenters. The Labute approximate surface area is 147 Å². The van der Waals surface area contributed by atoms with Crippen LogP contribution in [0.3, 0.4) is 0 Å². The summed E-state index contributed by atoms with van der Waals surface area (Å²) in [7, 11) is 0. The SMILES string of the molecule is Cc1cc2c(o1)CC(C)(C)C[C@@H]2NC(=O)NCCNc1cnccn1. The molecule has 1 aliphatic rings. The number of nitrogens with one attached hydrogen (secondary N) is 3. The molecular formula is C18H25N5O2. The molecule has 0 aromatic carbocycles. The van der Waals surface area contributed by atoms with Crippen LogP contribution in [0, 0.1) is 12.3 Å². The van der Waals surface area contributed by atoms with Crippen LogP contribution in [0.5, 0.6) is 0 Å². The number of hydrogen-bond donors (Lipinski definition) is 3. The van der Waals surface area contributed by atoms with Crippen molar-refractivity contribution >= 4 is 11.8 Å². The van der Waals surface area contributed by atoms with E-state index in [1.807, 2.05) is 13.0 Å². The normalized spacial score (nSPS) is 18.3. The van der Waals surface area contributed by atoms with Gasteiger partial charge in [0.05, 0.1) is 12.2 Å². The van der Waals surface area contributed by atoms with E-state index in [0.717, 1.165) is 29.9 Å². The minimum Gasteiger partial charge on any atom is -0.466 e. The number of carbonyl (C=O) groups excluding carboxylic acids is 1. The van der Waals surface area contributed by atoms with Gasteiger partial charge in [-0.05, 0) is 24.8 Å². The Bertz CT molecular complexity index is 726. The number of anilines is 1. The number of carbonyl (C=O) groups is 1. The van der Waals surface area contributed by atoms with Gasteiger partial charge >= 0.3 is 6.03 Å². The summed E-state index contributed by atoms with van der Waals surface area (Å²) < 4.78 is 5.81. The molecule has 0 aliphatic heterocycles. The standard InChI is InChI=1S/C18H25N5O2/c1-12-8-13-14(9-18(2,3)10-15(13)25-12)23-17(24)22-7-6-21-16-11-19-4-5-20-16/h4-5,8,11,14H,6-7,9-10H2,1-3H3,(H,20,21)(H2,22,23,24)/t14-/m0/s1. The Kier molecular flexibility index (Phi) is 4.92. The summed E-state index contributed by atoms with van der Waals surface area (Å²) >= 11 is 0. The van der Waals surface area contributed by atoms with Crippen LogP contribution in [0.2, 0.25) is 0 Å². The Morgan fingerprint density at radius 3 is 2.96 bits per heavy atom. The molecule has 1 aliphatic carbocycles. The first-order valence-electron chi connectivity index (χ1n) is 8.56. The number of fused-ring (bicyclic) bond motifs is 1. The molecule has 7 heteroatoms. The molecule has 0 saturated heterocycles. The fraction of sp³-hybridized carbons (Fsp3) is 0.500. The molecule has 2 heterocycles. The highest BCUT2D eigenvalue weighted by Gasteiger charge is 2.35. The van der Waals surface area contributed by atoms with Crippen molar-refractivity contribution < 1.29 is 9.21 Å². The van der Waals surface area contributed by atoms with Crippen molar-refractivity contribution in [2.45, 2.75) is 39.7 Å². The first-order valence-corrected chi connectivity index (χ1v) is 8.56. The smallest absolute Gasteiger partial charge is 0.315 e. The van der Waals surface area contributed by atoms with Gasteiger partial charge in [0.15, 0.2) is 0 Å². The summed E-state index contributed by atoms with van der Waals surface area (Å²) in [4.78, 5) is 20.3. The lowest BCUT2D eigenvalue weighted by atomic mass is 9.75. The van der Waals surface area contributed by atoms with Crippen LogP contribution in [-0.2, 0) is 6.42 Å². The van der Waals surface area contributed by atoms with Gasteiger partial charge < -0.3 is 20.4 Å². The molecule has 2 aromatic heterocycles. The van der Waals surface area contributed by atoms with Gasteiger partial charge in [-0.2, -0.15) is 0 Å². The van der Waals surface area contributed by atoms with Crippen LogP contribution in [0.15, 0.2) is 29.1 Å². The third kappa shape index (κ3) is 4.49. The molecule has 0 bridgehead atoms. The number of hydrogen-bond acceptors (Lipinski definition) is 5. The minimum absolute atomic E-state index is 0.0239.